The average molecular weight is 373 g/mol. The van der Waals surface area contributed by atoms with Gasteiger partial charge in [0.05, 0.1) is 0 Å². The molecule has 1 aliphatic rings. The van der Waals surface area contributed by atoms with Crippen LogP contribution < -0.4 is 4.74 Å². The summed E-state index contributed by atoms with van der Waals surface area (Å²) < 4.78 is 5.48. The van der Waals surface area contributed by atoms with Crippen LogP contribution >= 0.6 is 0 Å². The number of aryl methyl sites for hydroxylation is 2. The van der Waals surface area contributed by atoms with Crippen molar-refractivity contribution in [1.82, 2.24) is 0 Å². The molecule has 0 unspecified atom stereocenters. The van der Waals surface area contributed by atoms with Crippen LogP contribution in [-0.4, -0.2) is 5.97 Å². The molecule has 0 saturated heterocycles. The molecule has 0 spiro atoms. The quantitative estimate of drug-likeness (QED) is 0.191. The van der Waals surface area contributed by atoms with E-state index in [1.54, 1.807) is 0 Å². The lowest BCUT2D eigenvalue weighted by atomic mass is 10.0. The monoisotopic (exact) mass is 372 g/mol. The third-order valence-corrected chi connectivity index (χ3v) is 5.75. The molecule has 1 heterocycles. The molecule has 2 rings (SSSR count). The maximum Gasteiger partial charge on any atom is 0.311 e. The summed E-state index contributed by atoms with van der Waals surface area (Å²) in [6.07, 6.45) is 21.6. The Morgan fingerprint density at radius 3 is 2.00 bits per heavy atom. The zero-order chi connectivity index (χ0) is 19.2. The Labute approximate surface area is 167 Å². The van der Waals surface area contributed by atoms with Crippen LogP contribution in [0, 0.1) is 0 Å². The number of esters is 1. The van der Waals surface area contributed by atoms with Gasteiger partial charge >= 0.3 is 5.97 Å². The molecule has 27 heavy (non-hydrogen) atoms. The molecule has 1 aromatic carbocycles. The Kier molecular flexibility index (Phi) is 11.2. The average Bonchev–Trinajstić information content (AvgIpc) is 2.85. The highest BCUT2D eigenvalue weighted by Crippen LogP contribution is 2.26. The minimum absolute atomic E-state index is 0.0770. The first kappa shape index (κ1) is 22.0. The summed E-state index contributed by atoms with van der Waals surface area (Å²) in [6, 6.07) is 6.48. The van der Waals surface area contributed by atoms with Crippen LogP contribution in [0.3, 0.4) is 0 Å². The van der Waals surface area contributed by atoms with Crippen molar-refractivity contribution in [3.8, 4) is 5.75 Å². The van der Waals surface area contributed by atoms with Gasteiger partial charge in [0.1, 0.15) is 5.75 Å². The number of rotatable bonds is 14. The summed E-state index contributed by atoms with van der Waals surface area (Å²) in [6.45, 7) is 2.28. The molecule has 0 N–H and O–H groups in total. The van der Waals surface area contributed by atoms with Crippen molar-refractivity contribution in [3.05, 3.63) is 29.3 Å². The van der Waals surface area contributed by atoms with Gasteiger partial charge in [0.25, 0.3) is 0 Å². The highest BCUT2D eigenvalue weighted by Gasteiger charge is 2.15. The standard InChI is InChI=1S/C25H40O2/c1-2-3-4-5-6-7-8-9-10-11-12-13-14-16-22-19-20-23-17-15-18-25(26)27-24(23)21-22/h19-21H,2-18H2,1H3. The Morgan fingerprint density at radius 2 is 1.37 bits per heavy atom. The summed E-state index contributed by atoms with van der Waals surface area (Å²) in [4.78, 5) is 11.6. The summed E-state index contributed by atoms with van der Waals surface area (Å²) in [5, 5.41) is 0. The number of hydrogen-bond donors (Lipinski definition) is 0. The maximum atomic E-state index is 11.6. The molecule has 0 fully saturated rings. The van der Waals surface area contributed by atoms with Crippen LogP contribution in [0.5, 0.6) is 5.75 Å². The lowest BCUT2D eigenvalue weighted by molar-refractivity contribution is -0.134. The molecular weight excluding hydrogens is 332 g/mol. The van der Waals surface area contributed by atoms with Gasteiger partial charge < -0.3 is 4.74 Å². The van der Waals surface area contributed by atoms with E-state index in [0.29, 0.717) is 6.42 Å². The van der Waals surface area contributed by atoms with E-state index in [2.05, 4.69) is 25.1 Å². The molecular formula is C25H40O2. The highest BCUT2D eigenvalue weighted by molar-refractivity contribution is 5.73. The smallest absolute Gasteiger partial charge is 0.311 e. The number of hydrogen-bond acceptors (Lipinski definition) is 2. The lowest BCUT2D eigenvalue weighted by Gasteiger charge is -2.08. The van der Waals surface area contributed by atoms with Crippen LogP contribution in [0.4, 0.5) is 0 Å². The van der Waals surface area contributed by atoms with Crippen LogP contribution in [0.1, 0.15) is 114 Å². The third kappa shape index (κ3) is 9.44. The van der Waals surface area contributed by atoms with E-state index in [4.69, 9.17) is 4.74 Å². The van der Waals surface area contributed by atoms with Gasteiger partial charge in [-0.05, 0) is 42.9 Å². The molecule has 2 heteroatoms. The second-order valence-electron chi connectivity index (χ2n) is 8.26. The molecule has 0 bridgehead atoms. The zero-order valence-corrected chi connectivity index (χ0v) is 17.6. The van der Waals surface area contributed by atoms with E-state index in [-0.39, 0.29) is 5.97 Å². The predicted octanol–water partition coefficient (Wildman–Crippen LogP) is 7.56. The number of ether oxygens (including phenoxy) is 1. The number of fused-ring (bicyclic) bond motifs is 1. The maximum absolute atomic E-state index is 11.6. The number of unbranched alkanes of at least 4 members (excludes halogenated alkanes) is 12. The van der Waals surface area contributed by atoms with E-state index in [0.717, 1.165) is 25.0 Å². The van der Waals surface area contributed by atoms with Crippen molar-refractivity contribution in [2.45, 2.75) is 116 Å². The Bertz CT molecular complexity index is 535. The second kappa shape index (κ2) is 13.8. The van der Waals surface area contributed by atoms with E-state index in [1.165, 1.54) is 94.6 Å². The van der Waals surface area contributed by atoms with Crippen molar-refractivity contribution in [3.63, 3.8) is 0 Å². The van der Waals surface area contributed by atoms with Gasteiger partial charge in [0.15, 0.2) is 0 Å². The minimum atomic E-state index is -0.0770. The van der Waals surface area contributed by atoms with E-state index in [1.807, 2.05) is 0 Å². The fourth-order valence-corrected chi connectivity index (χ4v) is 4.00. The molecule has 0 saturated carbocycles. The largest absolute Gasteiger partial charge is 0.426 e. The Hall–Kier alpha value is -1.31. The van der Waals surface area contributed by atoms with E-state index >= 15 is 0 Å². The van der Waals surface area contributed by atoms with Gasteiger partial charge in [-0.15, -0.1) is 0 Å². The van der Waals surface area contributed by atoms with Crippen LogP contribution in [0.2, 0.25) is 0 Å². The molecule has 0 amide bonds. The molecule has 152 valence electrons. The predicted molar refractivity (Wildman–Crippen MR) is 114 cm³/mol. The summed E-state index contributed by atoms with van der Waals surface area (Å²) >= 11 is 0. The first-order valence-electron chi connectivity index (χ1n) is 11.6. The van der Waals surface area contributed by atoms with Crippen molar-refractivity contribution in [2.75, 3.05) is 0 Å². The molecule has 0 radical (unpaired) electrons. The first-order valence-corrected chi connectivity index (χ1v) is 11.6. The van der Waals surface area contributed by atoms with Crippen molar-refractivity contribution >= 4 is 5.97 Å². The molecule has 0 aliphatic carbocycles. The van der Waals surface area contributed by atoms with Crippen molar-refractivity contribution < 1.29 is 9.53 Å². The number of carbonyl (C=O) groups is 1. The fraction of sp³-hybridized carbons (Fsp3) is 0.720. The van der Waals surface area contributed by atoms with Gasteiger partial charge in [0, 0.05) is 6.42 Å². The molecule has 2 nitrogen and oxygen atoms in total. The summed E-state index contributed by atoms with van der Waals surface area (Å²) in [7, 11) is 0. The molecule has 1 aromatic rings. The van der Waals surface area contributed by atoms with Gasteiger partial charge in [-0.1, -0.05) is 96.1 Å². The van der Waals surface area contributed by atoms with Crippen molar-refractivity contribution in [2.24, 2.45) is 0 Å². The van der Waals surface area contributed by atoms with Gasteiger partial charge in [0.2, 0.25) is 0 Å². The third-order valence-electron chi connectivity index (χ3n) is 5.75. The minimum Gasteiger partial charge on any atom is -0.426 e. The zero-order valence-electron chi connectivity index (χ0n) is 17.6. The Balaban J connectivity index is 1.47. The van der Waals surface area contributed by atoms with Crippen LogP contribution in [0.15, 0.2) is 18.2 Å². The van der Waals surface area contributed by atoms with Gasteiger partial charge in [-0.25, -0.2) is 0 Å². The molecule has 0 aromatic heterocycles. The fourth-order valence-electron chi connectivity index (χ4n) is 4.00. The topological polar surface area (TPSA) is 26.3 Å². The normalized spacial score (nSPS) is 13.9. The number of carbonyl (C=O) groups excluding carboxylic acids is 1. The van der Waals surface area contributed by atoms with Crippen molar-refractivity contribution in [1.29, 1.82) is 0 Å². The first-order chi connectivity index (χ1) is 13.3. The SMILES string of the molecule is CCCCCCCCCCCCCCCc1ccc2c(c1)OC(=O)CCC2. The van der Waals surface area contributed by atoms with Gasteiger partial charge in [-0.2, -0.15) is 0 Å². The number of benzene rings is 1. The second-order valence-corrected chi connectivity index (χ2v) is 8.26. The molecule has 0 atom stereocenters. The summed E-state index contributed by atoms with van der Waals surface area (Å²) in [5.74, 6) is 0.733. The van der Waals surface area contributed by atoms with Crippen LogP contribution in [0.25, 0.3) is 0 Å². The summed E-state index contributed by atoms with van der Waals surface area (Å²) in [5.41, 5.74) is 2.50. The lowest BCUT2D eigenvalue weighted by Crippen LogP contribution is -2.05. The van der Waals surface area contributed by atoms with Crippen LogP contribution in [-0.2, 0) is 17.6 Å². The Morgan fingerprint density at radius 1 is 0.778 bits per heavy atom. The van der Waals surface area contributed by atoms with E-state index in [9.17, 15) is 4.79 Å². The van der Waals surface area contributed by atoms with E-state index < -0.39 is 0 Å². The molecule has 1 aliphatic heterocycles. The van der Waals surface area contributed by atoms with Gasteiger partial charge in [-0.3, -0.25) is 4.79 Å². The highest BCUT2D eigenvalue weighted by atomic mass is 16.5.